The van der Waals surface area contributed by atoms with Gasteiger partial charge in [0.15, 0.2) is 5.78 Å². The monoisotopic (exact) mass is 719 g/mol. The Morgan fingerprint density at radius 1 is 0.775 bits per heavy atom. The Morgan fingerprint density at radius 3 is 2.05 bits per heavy atom. The number of aliphatic hydroxyl groups excluding tert-OH is 1. The molecule has 0 atom stereocenters. The summed E-state index contributed by atoms with van der Waals surface area (Å²) in [5, 5.41) is 19.7. The molecule has 0 fully saturated rings. The molecule has 3 nitrogen and oxygen atoms in total. The maximum absolute atomic E-state index is 10.0. The molecule has 0 saturated heterocycles. The van der Waals surface area contributed by atoms with Crippen molar-refractivity contribution in [1.82, 2.24) is 4.98 Å². The first-order valence-corrected chi connectivity index (χ1v) is 16.7. The van der Waals surface area contributed by atoms with Crippen molar-refractivity contribution >= 4 is 62.1 Å². The van der Waals surface area contributed by atoms with Gasteiger partial charge in [0.1, 0.15) is 0 Å². The molecule has 0 aliphatic heterocycles. The normalized spacial score (nSPS) is 11.8. The number of nitrogens with zero attached hydrogens (tertiary/aromatic N) is 1. The molecule has 1 N–H and O–H groups in total. The molecule has 0 aliphatic carbocycles. The van der Waals surface area contributed by atoms with Gasteiger partial charge >= 0.3 is 0 Å². The molecule has 0 aliphatic rings. The topological polar surface area (TPSA) is 50.2 Å². The van der Waals surface area contributed by atoms with Crippen molar-refractivity contribution in [2.75, 3.05) is 0 Å². The Morgan fingerprint density at radius 2 is 1.40 bits per heavy atom. The summed E-state index contributed by atoms with van der Waals surface area (Å²) in [5.41, 5.74) is 2.07. The predicted molar refractivity (Wildman–Crippen MR) is 169 cm³/mol. The molecule has 203 valence electrons. The number of benzene rings is 5. The van der Waals surface area contributed by atoms with Crippen molar-refractivity contribution in [3.8, 4) is 11.3 Å². The van der Waals surface area contributed by atoms with Gasteiger partial charge in [-0.3, -0.25) is 9.78 Å². The number of aliphatic hydroxyl groups is 1. The second-order valence-corrected chi connectivity index (χ2v) is 16.1. The van der Waals surface area contributed by atoms with E-state index < -0.39 is 8.07 Å². The van der Waals surface area contributed by atoms with Crippen molar-refractivity contribution in [2.24, 2.45) is 0 Å². The fraction of sp³-hybridized carbons (Fsp3) is 0.143. The van der Waals surface area contributed by atoms with E-state index in [-0.39, 0.29) is 31.6 Å². The number of carbonyl (C=O) groups excluding carboxylic acids is 1. The molecule has 6 aromatic rings. The molecule has 0 spiro atoms. The minimum absolute atomic E-state index is 0. The summed E-state index contributed by atoms with van der Waals surface area (Å²) >= 11 is 0. The fourth-order valence-corrected chi connectivity index (χ4v) is 6.28. The maximum atomic E-state index is 10.0. The summed E-state index contributed by atoms with van der Waals surface area (Å²) in [7, 11) is -1.36. The fourth-order valence-electron chi connectivity index (χ4n) is 5.11. The van der Waals surface area contributed by atoms with Crippen LogP contribution in [0.4, 0.5) is 0 Å². The third kappa shape index (κ3) is 5.92. The van der Waals surface area contributed by atoms with E-state index in [1.807, 2.05) is 6.20 Å². The van der Waals surface area contributed by atoms with Crippen LogP contribution in [0.25, 0.3) is 54.3 Å². The summed E-state index contributed by atoms with van der Waals surface area (Å²) < 4.78 is 0. The number of hydrogen-bond donors (Lipinski definition) is 1. The third-order valence-electron chi connectivity index (χ3n) is 6.95. The minimum Gasteiger partial charge on any atom is -0.512 e. The van der Waals surface area contributed by atoms with Gasteiger partial charge < -0.3 is 5.11 Å². The number of allylic oxidation sites excluding steroid dienone is 2. The Labute approximate surface area is 249 Å². The van der Waals surface area contributed by atoms with E-state index in [2.05, 4.69) is 111 Å². The van der Waals surface area contributed by atoms with Gasteiger partial charge in [0.2, 0.25) is 0 Å². The second kappa shape index (κ2) is 11.9. The Bertz CT molecular complexity index is 1900. The summed E-state index contributed by atoms with van der Waals surface area (Å²) in [6, 6.07) is 34.5. The van der Waals surface area contributed by atoms with Gasteiger partial charge in [-0.15, -0.1) is 17.5 Å². The third-order valence-corrected chi connectivity index (χ3v) is 8.99. The van der Waals surface area contributed by atoms with Crippen LogP contribution < -0.4 is 5.19 Å². The van der Waals surface area contributed by atoms with Crippen LogP contribution in [-0.2, 0) is 24.9 Å². The van der Waals surface area contributed by atoms with Crippen LogP contribution in [0, 0.1) is 6.07 Å². The van der Waals surface area contributed by atoms with Crippen LogP contribution in [0.1, 0.15) is 13.8 Å². The molecule has 0 unspecified atom stereocenters. The zero-order chi connectivity index (χ0) is 27.7. The minimum atomic E-state index is -1.36. The quantitative estimate of drug-likeness (QED) is 0.0655. The molecule has 1 aromatic heterocycles. The van der Waals surface area contributed by atoms with Gasteiger partial charge in [-0.1, -0.05) is 119 Å². The number of rotatable bonds is 3. The average Bonchev–Trinajstić information content (AvgIpc) is 2.91. The molecule has 1 heterocycles. The summed E-state index contributed by atoms with van der Waals surface area (Å²) in [5.74, 6) is -0.0625. The average molecular weight is 719 g/mol. The standard InChI is InChI=1S/C30H24NSi.C5H8O2.Ir/c1-32(2,3)22-13-15-24-21(18-22)12-14-28-27(24)16-17-31-30(28)29-19-20-8-4-5-9-23(20)25-10-6-7-11-26(25)29;1-4(6)3-5(2)7;/h4-18H,1-3H3;3,6H,1-2H3;/q-1;;/b;4-3-;. The Balaban J connectivity index is 0.000000413. The van der Waals surface area contributed by atoms with Gasteiger partial charge in [0.25, 0.3) is 0 Å². The first-order valence-electron chi connectivity index (χ1n) is 13.2. The smallest absolute Gasteiger partial charge is 0.155 e. The molecule has 0 bridgehead atoms. The molecule has 5 aromatic carbocycles. The molecule has 5 heteroatoms. The van der Waals surface area contributed by atoms with E-state index in [0.29, 0.717) is 0 Å². The van der Waals surface area contributed by atoms with Crippen molar-refractivity contribution in [1.29, 1.82) is 0 Å². The zero-order valence-corrected chi connectivity index (χ0v) is 26.8. The number of ketones is 1. The van der Waals surface area contributed by atoms with Gasteiger partial charge in [-0.25, -0.2) is 0 Å². The van der Waals surface area contributed by atoms with E-state index in [1.54, 1.807) is 0 Å². The second-order valence-electron chi connectivity index (χ2n) is 11.0. The van der Waals surface area contributed by atoms with E-state index in [1.165, 1.54) is 62.8 Å². The number of pyridine rings is 1. The van der Waals surface area contributed by atoms with Crippen LogP contribution in [0.15, 0.2) is 103 Å². The van der Waals surface area contributed by atoms with Gasteiger partial charge in [0.05, 0.1) is 13.8 Å². The summed E-state index contributed by atoms with van der Waals surface area (Å²) in [6.45, 7) is 10.1. The Hall–Kier alpha value is -3.63. The predicted octanol–water partition coefficient (Wildman–Crippen LogP) is 8.74. The number of fused-ring (bicyclic) bond motifs is 6. The zero-order valence-electron chi connectivity index (χ0n) is 23.4. The van der Waals surface area contributed by atoms with Crippen LogP contribution >= 0.6 is 0 Å². The van der Waals surface area contributed by atoms with Gasteiger partial charge in [-0.05, 0) is 41.5 Å². The summed E-state index contributed by atoms with van der Waals surface area (Å²) in [6.07, 6.45) is 3.11. The molecule has 0 amide bonds. The Kier molecular flexibility index (Phi) is 8.70. The first kappa shape index (κ1) is 29.4. The van der Waals surface area contributed by atoms with E-state index in [4.69, 9.17) is 10.1 Å². The maximum Gasteiger partial charge on any atom is 0.155 e. The molecule has 1 radical (unpaired) electrons. The summed E-state index contributed by atoms with van der Waals surface area (Å²) in [4.78, 5) is 14.9. The number of aromatic nitrogens is 1. The molecular formula is C35H32IrNO2Si-. The van der Waals surface area contributed by atoms with Crippen molar-refractivity contribution in [2.45, 2.75) is 33.5 Å². The van der Waals surface area contributed by atoms with Crippen LogP contribution in [0.5, 0.6) is 0 Å². The van der Waals surface area contributed by atoms with E-state index >= 15 is 0 Å². The van der Waals surface area contributed by atoms with Gasteiger partial charge in [-0.2, -0.15) is 0 Å². The van der Waals surface area contributed by atoms with Crippen LogP contribution in [0.2, 0.25) is 19.6 Å². The van der Waals surface area contributed by atoms with Crippen LogP contribution in [-0.4, -0.2) is 23.9 Å². The largest absolute Gasteiger partial charge is 0.512 e. The first-order chi connectivity index (χ1) is 18.6. The van der Waals surface area contributed by atoms with Crippen molar-refractivity contribution < 1.29 is 30.0 Å². The molecule has 40 heavy (non-hydrogen) atoms. The molecule has 0 saturated carbocycles. The van der Waals surface area contributed by atoms with E-state index in [0.717, 1.165) is 16.6 Å². The van der Waals surface area contributed by atoms with Crippen LogP contribution in [0.3, 0.4) is 0 Å². The molecule has 6 rings (SSSR count). The number of carbonyl (C=O) groups is 1. The number of hydrogen-bond acceptors (Lipinski definition) is 3. The SMILES string of the molecule is CC(=O)/C=C(/C)O.C[Si](C)(C)c1ccc2c(ccc3c(-c4[c-]c5ccccc5c5ccccc45)nccc32)c1.[Ir]. The van der Waals surface area contributed by atoms with Gasteiger partial charge in [0, 0.05) is 38.1 Å². The van der Waals surface area contributed by atoms with Crippen molar-refractivity contribution in [3.63, 3.8) is 0 Å². The van der Waals surface area contributed by atoms with E-state index in [9.17, 15) is 4.79 Å². The van der Waals surface area contributed by atoms with Crippen molar-refractivity contribution in [3.05, 3.63) is 109 Å². The molecular weight excluding hydrogens is 687 g/mol.